The van der Waals surface area contributed by atoms with Crippen LogP contribution in [0.5, 0.6) is 0 Å². The van der Waals surface area contributed by atoms with Crippen molar-refractivity contribution in [2.75, 3.05) is 0 Å². The highest BCUT2D eigenvalue weighted by Gasteiger charge is 2.24. The number of allylic oxidation sites excluding steroid dienone is 6. The first-order valence-corrected chi connectivity index (χ1v) is 8.12. The maximum absolute atomic E-state index is 13.3. The maximum atomic E-state index is 13.3. The number of carbonyl (C=O) groups excluding carboxylic acids is 1. The van der Waals surface area contributed by atoms with Crippen molar-refractivity contribution in [3.63, 3.8) is 0 Å². The first kappa shape index (κ1) is 18.6. The van der Waals surface area contributed by atoms with Gasteiger partial charge >= 0.3 is 5.97 Å². The first-order chi connectivity index (χ1) is 11.8. The van der Waals surface area contributed by atoms with Crippen molar-refractivity contribution in [1.82, 2.24) is 0 Å². The molecule has 0 bridgehead atoms. The molecular formula is C21H21FO3. The van der Waals surface area contributed by atoms with Crippen LogP contribution in [0, 0.1) is 17.7 Å². The van der Waals surface area contributed by atoms with Crippen molar-refractivity contribution in [2.45, 2.75) is 20.3 Å². The monoisotopic (exact) mass is 340 g/mol. The van der Waals surface area contributed by atoms with Gasteiger partial charge in [-0.25, -0.2) is 9.18 Å². The summed E-state index contributed by atoms with van der Waals surface area (Å²) in [5.41, 5.74) is 2.19. The molecule has 1 N–H and O–H groups in total. The minimum absolute atomic E-state index is 0.000320. The minimum Gasteiger partial charge on any atom is -0.478 e. The highest BCUT2D eigenvalue weighted by Crippen LogP contribution is 2.31. The Balaban J connectivity index is 2.26. The highest BCUT2D eigenvalue weighted by molar-refractivity contribution is 5.92. The fourth-order valence-corrected chi connectivity index (χ4v) is 2.87. The number of hydrogen-bond acceptors (Lipinski definition) is 2. The molecule has 0 amide bonds. The molecule has 1 aliphatic rings. The average molecular weight is 340 g/mol. The van der Waals surface area contributed by atoms with Crippen molar-refractivity contribution in [2.24, 2.45) is 11.8 Å². The van der Waals surface area contributed by atoms with Gasteiger partial charge in [0.2, 0.25) is 0 Å². The van der Waals surface area contributed by atoms with Crippen LogP contribution in [0.2, 0.25) is 0 Å². The number of halogens is 1. The van der Waals surface area contributed by atoms with Crippen molar-refractivity contribution < 1.29 is 19.1 Å². The van der Waals surface area contributed by atoms with E-state index in [9.17, 15) is 14.0 Å². The third kappa shape index (κ3) is 5.68. The zero-order valence-corrected chi connectivity index (χ0v) is 14.3. The number of carbonyl (C=O) groups is 2. The largest absolute Gasteiger partial charge is 0.478 e. The van der Waals surface area contributed by atoms with Crippen LogP contribution < -0.4 is 0 Å². The predicted molar refractivity (Wildman–Crippen MR) is 96.3 cm³/mol. The molecular weight excluding hydrogens is 319 g/mol. The first-order valence-electron chi connectivity index (χ1n) is 8.12. The molecule has 0 heterocycles. The predicted octanol–water partition coefficient (Wildman–Crippen LogP) is 4.58. The second kappa shape index (κ2) is 8.38. The molecule has 1 aromatic carbocycles. The van der Waals surface area contributed by atoms with E-state index in [0.29, 0.717) is 12.0 Å². The standard InChI is InChI=1S/C21H21FO3/c1-14(10-21(24)25)6-9-20-15(2)11-19(23)13-17(20)8-7-16-4-3-5-18(22)12-16/h3-10,12-13,15,20H,11H2,1-2H3,(H,24,25)/b8-7+,9-6+,14-10+. The van der Waals surface area contributed by atoms with Crippen LogP contribution in [0.25, 0.3) is 6.08 Å². The van der Waals surface area contributed by atoms with Gasteiger partial charge in [0.05, 0.1) is 0 Å². The van der Waals surface area contributed by atoms with Gasteiger partial charge in [-0.05, 0) is 47.8 Å². The Morgan fingerprint density at radius 3 is 2.76 bits per heavy atom. The lowest BCUT2D eigenvalue weighted by molar-refractivity contribution is -0.131. The fraction of sp³-hybridized carbons (Fsp3) is 0.238. The van der Waals surface area contributed by atoms with Crippen LogP contribution in [0.15, 0.2) is 65.8 Å². The van der Waals surface area contributed by atoms with Crippen LogP contribution in [0.3, 0.4) is 0 Å². The van der Waals surface area contributed by atoms with E-state index in [-0.39, 0.29) is 23.4 Å². The van der Waals surface area contributed by atoms with Gasteiger partial charge in [-0.1, -0.05) is 43.4 Å². The average Bonchev–Trinajstić information content (AvgIpc) is 2.51. The lowest BCUT2D eigenvalue weighted by Gasteiger charge is -2.25. The van der Waals surface area contributed by atoms with Crippen molar-refractivity contribution in [1.29, 1.82) is 0 Å². The number of hydrogen-bond donors (Lipinski definition) is 1. The summed E-state index contributed by atoms with van der Waals surface area (Å²) in [6.45, 7) is 3.71. The zero-order chi connectivity index (χ0) is 18.4. The van der Waals surface area contributed by atoms with Gasteiger partial charge < -0.3 is 5.11 Å². The Morgan fingerprint density at radius 2 is 2.08 bits per heavy atom. The van der Waals surface area contributed by atoms with Crippen LogP contribution in [-0.2, 0) is 9.59 Å². The summed E-state index contributed by atoms with van der Waals surface area (Å²) < 4.78 is 13.3. The van der Waals surface area contributed by atoms with Gasteiger partial charge in [0.25, 0.3) is 0 Å². The van der Waals surface area contributed by atoms with Gasteiger partial charge in [0, 0.05) is 18.4 Å². The molecule has 4 heteroatoms. The van der Waals surface area contributed by atoms with Crippen molar-refractivity contribution in [3.05, 3.63) is 77.2 Å². The summed E-state index contributed by atoms with van der Waals surface area (Å²) in [7, 11) is 0. The topological polar surface area (TPSA) is 54.4 Å². The number of aliphatic carboxylic acids is 1. The molecule has 2 unspecified atom stereocenters. The van der Waals surface area contributed by atoms with Crippen LogP contribution in [-0.4, -0.2) is 16.9 Å². The molecule has 1 aromatic rings. The van der Waals surface area contributed by atoms with E-state index in [4.69, 9.17) is 5.11 Å². The lowest BCUT2D eigenvalue weighted by Crippen LogP contribution is -2.20. The molecule has 0 saturated heterocycles. The third-order valence-electron chi connectivity index (χ3n) is 4.08. The maximum Gasteiger partial charge on any atom is 0.328 e. The van der Waals surface area contributed by atoms with E-state index in [1.807, 2.05) is 19.1 Å². The summed E-state index contributed by atoms with van der Waals surface area (Å²) in [6.07, 6.45) is 10.5. The van der Waals surface area contributed by atoms with E-state index < -0.39 is 5.97 Å². The molecule has 2 atom stereocenters. The molecule has 0 spiro atoms. The molecule has 3 nitrogen and oxygen atoms in total. The van der Waals surface area contributed by atoms with E-state index in [1.165, 1.54) is 12.1 Å². The molecule has 2 rings (SSSR count). The molecule has 0 fully saturated rings. The molecule has 130 valence electrons. The van der Waals surface area contributed by atoms with Gasteiger partial charge in [-0.2, -0.15) is 0 Å². The highest BCUT2D eigenvalue weighted by atomic mass is 19.1. The summed E-state index contributed by atoms with van der Waals surface area (Å²) in [6, 6.07) is 6.23. The number of rotatable bonds is 5. The van der Waals surface area contributed by atoms with Crippen molar-refractivity contribution in [3.8, 4) is 0 Å². The van der Waals surface area contributed by atoms with E-state index in [2.05, 4.69) is 0 Å². The number of carboxylic acids is 1. The molecule has 25 heavy (non-hydrogen) atoms. The van der Waals surface area contributed by atoms with Crippen LogP contribution in [0.1, 0.15) is 25.8 Å². The summed E-state index contributed by atoms with van der Waals surface area (Å²) in [5, 5.41) is 8.78. The number of carboxylic acid groups (broad SMARTS) is 1. The quantitative estimate of drug-likeness (QED) is 0.631. The summed E-state index contributed by atoms with van der Waals surface area (Å²) in [5.74, 6) is -1.13. The molecule has 0 radical (unpaired) electrons. The zero-order valence-electron chi connectivity index (χ0n) is 14.3. The van der Waals surface area contributed by atoms with E-state index in [0.717, 1.165) is 17.2 Å². The third-order valence-corrected chi connectivity index (χ3v) is 4.08. The van der Waals surface area contributed by atoms with Gasteiger partial charge in [-0.15, -0.1) is 0 Å². The Hall–Kier alpha value is -2.75. The summed E-state index contributed by atoms with van der Waals surface area (Å²) in [4.78, 5) is 22.6. The molecule has 0 aliphatic heterocycles. The second-order valence-corrected chi connectivity index (χ2v) is 6.29. The Morgan fingerprint density at radius 1 is 1.32 bits per heavy atom. The van der Waals surface area contributed by atoms with Crippen LogP contribution in [0.4, 0.5) is 4.39 Å². The number of ketones is 1. The Bertz CT molecular complexity index is 784. The second-order valence-electron chi connectivity index (χ2n) is 6.29. The fourth-order valence-electron chi connectivity index (χ4n) is 2.87. The normalized spacial score (nSPS) is 21.8. The van der Waals surface area contributed by atoms with E-state index >= 15 is 0 Å². The molecule has 0 aromatic heterocycles. The van der Waals surface area contributed by atoms with E-state index in [1.54, 1.807) is 37.3 Å². The van der Waals surface area contributed by atoms with Gasteiger partial charge in [-0.3, -0.25) is 4.79 Å². The van der Waals surface area contributed by atoms with Gasteiger partial charge in [0.15, 0.2) is 5.78 Å². The Labute approximate surface area is 146 Å². The minimum atomic E-state index is -0.990. The summed E-state index contributed by atoms with van der Waals surface area (Å²) >= 11 is 0. The Kier molecular flexibility index (Phi) is 6.23. The molecule has 0 saturated carbocycles. The lowest BCUT2D eigenvalue weighted by atomic mass is 9.78. The number of benzene rings is 1. The van der Waals surface area contributed by atoms with Crippen molar-refractivity contribution >= 4 is 17.8 Å². The SMILES string of the molecule is CC(/C=C/C1C(/C=C/c2cccc(F)c2)=CC(=O)CC1C)=C\C(=O)O. The molecule has 1 aliphatic carbocycles. The van der Waals surface area contributed by atoms with Crippen LogP contribution >= 0.6 is 0 Å². The smallest absolute Gasteiger partial charge is 0.328 e. The van der Waals surface area contributed by atoms with Gasteiger partial charge in [0.1, 0.15) is 5.82 Å².